The highest BCUT2D eigenvalue weighted by atomic mass is 79.9. The molecule has 1 heterocycles. The molecule has 1 aromatic carbocycles. The molecule has 0 bridgehead atoms. The van der Waals surface area contributed by atoms with E-state index >= 15 is 0 Å². The summed E-state index contributed by atoms with van der Waals surface area (Å²) in [6.07, 6.45) is 4.29. The van der Waals surface area contributed by atoms with Gasteiger partial charge in [0.05, 0.1) is 0 Å². The van der Waals surface area contributed by atoms with Crippen molar-refractivity contribution in [3.63, 3.8) is 0 Å². The van der Waals surface area contributed by atoms with Crippen LogP contribution in [0.5, 0.6) is 0 Å². The van der Waals surface area contributed by atoms with Crippen LogP contribution < -0.4 is 5.73 Å². The molecule has 0 spiro atoms. The molecule has 19 heavy (non-hydrogen) atoms. The van der Waals surface area contributed by atoms with Crippen molar-refractivity contribution in [2.45, 2.75) is 38.6 Å². The Balaban J connectivity index is 2.18. The summed E-state index contributed by atoms with van der Waals surface area (Å²) >= 11 is 3.47. The fourth-order valence-electron chi connectivity index (χ4n) is 2.70. The first-order chi connectivity index (χ1) is 9.13. The molecule has 0 radical (unpaired) electrons. The van der Waals surface area contributed by atoms with Gasteiger partial charge in [-0.2, -0.15) is 0 Å². The van der Waals surface area contributed by atoms with E-state index in [4.69, 9.17) is 5.73 Å². The van der Waals surface area contributed by atoms with Crippen molar-refractivity contribution in [1.82, 2.24) is 4.90 Å². The minimum atomic E-state index is 0.147. The van der Waals surface area contributed by atoms with Crippen molar-refractivity contribution >= 4 is 21.8 Å². The second kappa shape index (κ2) is 6.53. The average molecular weight is 325 g/mol. The molecule has 1 aliphatic rings. The summed E-state index contributed by atoms with van der Waals surface area (Å²) in [5.74, 6) is 0.147. The zero-order valence-corrected chi connectivity index (χ0v) is 12.9. The molecular formula is C15H21BrN2O. The molecule has 2 rings (SSSR count). The molecule has 0 aromatic heterocycles. The van der Waals surface area contributed by atoms with Crippen molar-refractivity contribution in [2.75, 3.05) is 13.1 Å². The van der Waals surface area contributed by atoms with Crippen LogP contribution in [-0.2, 0) is 0 Å². The summed E-state index contributed by atoms with van der Waals surface area (Å²) in [4.78, 5) is 14.6. The molecule has 1 amide bonds. The number of aryl methyl sites for hydroxylation is 1. The molecule has 2 N–H and O–H groups in total. The van der Waals surface area contributed by atoms with Crippen molar-refractivity contribution in [3.05, 3.63) is 33.8 Å². The second-order valence-corrected chi connectivity index (χ2v) is 6.04. The van der Waals surface area contributed by atoms with Crippen LogP contribution in [-0.4, -0.2) is 29.9 Å². The molecule has 0 saturated carbocycles. The van der Waals surface area contributed by atoms with Gasteiger partial charge in [0.2, 0.25) is 0 Å². The minimum absolute atomic E-state index is 0.147. The lowest BCUT2D eigenvalue weighted by molar-refractivity contribution is 0.0605. The van der Waals surface area contributed by atoms with E-state index in [1.54, 1.807) is 0 Å². The summed E-state index contributed by atoms with van der Waals surface area (Å²) in [7, 11) is 0. The number of carbonyl (C=O) groups excluding carboxylic acids is 1. The summed E-state index contributed by atoms with van der Waals surface area (Å²) in [6.45, 7) is 3.51. The average Bonchev–Trinajstić information content (AvgIpc) is 2.42. The van der Waals surface area contributed by atoms with Gasteiger partial charge in [-0.05, 0) is 62.9 Å². The lowest BCUT2D eigenvalue weighted by Gasteiger charge is -2.35. The van der Waals surface area contributed by atoms with Crippen molar-refractivity contribution in [1.29, 1.82) is 0 Å². The monoisotopic (exact) mass is 324 g/mol. The van der Waals surface area contributed by atoms with Crippen LogP contribution in [0.1, 0.15) is 41.6 Å². The Bertz CT molecular complexity index is 459. The molecule has 1 unspecified atom stereocenters. The van der Waals surface area contributed by atoms with Crippen LogP contribution in [0.4, 0.5) is 0 Å². The summed E-state index contributed by atoms with van der Waals surface area (Å²) in [5, 5.41) is 0. The van der Waals surface area contributed by atoms with Crippen LogP contribution in [0, 0.1) is 6.92 Å². The highest BCUT2D eigenvalue weighted by Crippen LogP contribution is 2.23. The number of hydrogen-bond donors (Lipinski definition) is 1. The highest BCUT2D eigenvalue weighted by molar-refractivity contribution is 9.10. The fraction of sp³-hybridized carbons (Fsp3) is 0.533. The van der Waals surface area contributed by atoms with Gasteiger partial charge in [-0.25, -0.2) is 0 Å². The van der Waals surface area contributed by atoms with Gasteiger partial charge in [0.25, 0.3) is 5.91 Å². The molecule has 3 nitrogen and oxygen atoms in total. The molecule has 104 valence electrons. The van der Waals surface area contributed by atoms with Crippen LogP contribution >= 0.6 is 15.9 Å². The van der Waals surface area contributed by atoms with E-state index in [0.29, 0.717) is 12.6 Å². The van der Waals surface area contributed by atoms with Gasteiger partial charge in [0.15, 0.2) is 0 Å². The predicted octanol–water partition coefficient (Wildman–Crippen LogP) is 3.10. The molecule has 1 atom stereocenters. The first kappa shape index (κ1) is 14.5. The smallest absolute Gasteiger partial charge is 0.254 e. The lowest BCUT2D eigenvalue weighted by Crippen LogP contribution is -2.44. The third-order valence-electron chi connectivity index (χ3n) is 3.79. The van der Waals surface area contributed by atoms with Crippen molar-refractivity contribution in [2.24, 2.45) is 5.73 Å². The SMILES string of the molecule is Cc1cc(C(=O)N2CCCCC2CCN)ccc1Br. The second-order valence-electron chi connectivity index (χ2n) is 5.19. The van der Waals surface area contributed by atoms with Gasteiger partial charge in [-0.1, -0.05) is 15.9 Å². The normalized spacial score (nSPS) is 19.5. The van der Waals surface area contributed by atoms with Gasteiger partial charge in [0, 0.05) is 22.6 Å². The first-order valence-electron chi connectivity index (χ1n) is 6.90. The molecule has 1 saturated heterocycles. The van der Waals surface area contributed by atoms with E-state index in [-0.39, 0.29) is 5.91 Å². The van der Waals surface area contributed by atoms with E-state index in [0.717, 1.165) is 41.4 Å². The Morgan fingerprint density at radius 2 is 2.26 bits per heavy atom. The van der Waals surface area contributed by atoms with E-state index in [2.05, 4.69) is 15.9 Å². The molecule has 0 aliphatic carbocycles. The number of piperidine rings is 1. The molecule has 1 aromatic rings. The maximum absolute atomic E-state index is 12.6. The molecule has 1 fully saturated rings. The van der Waals surface area contributed by atoms with E-state index in [1.165, 1.54) is 6.42 Å². The Hall–Kier alpha value is -0.870. The van der Waals surface area contributed by atoms with E-state index < -0.39 is 0 Å². The quantitative estimate of drug-likeness (QED) is 0.928. The Morgan fingerprint density at radius 3 is 2.95 bits per heavy atom. The highest BCUT2D eigenvalue weighted by Gasteiger charge is 2.26. The largest absolute Gasteiger partial charge is 0.336 e. The molecule has 4 heteroatoms. The zero-order chi connectivity index (χ0) is 13.8. The van der Waals surface area contributed by atoms with Gasteiger partial charge in [0.1, 0.15) is 0 Å². The lowest BCUT2D eigenvalue weighted by atomic mass is 9.98. The van der Waals surface area contributed by atoms with E-state index in [1.807, 2.05) is 30.0 Å². The van der Waals surface area contributed by atoms with Crippen molar-refractivity contribution in [3.8, 4) is 0 Å². The number of amides is 1. The number of nitrogens with zero attached hydrogens (tertiary/aromatic N) is 1. The number of rotatable bonds is 3. The summed E-state index contributed by atoms with van der Waals surface area (Å²) in [6, 6.07) is 6.12. The Morgan fingerprint density at radius 1 is 1.47 bits per heavy atom. The van der Waals surface area contributed by atoms with Crippen LogP contribution in [0.2, 0.25) is 0 Å². The molecular weight excluding hydrogens is 304 g/mol. The number of hydrogen-bond acceptors (Lipinski definition) is 2. The third-order valence-corrected chi connectivity index (χ3v) is 4.68. The maximum atomic E-state index is 12.6. The van der Waals surface area contributed by atoms with Crippen LogP contribution in [0.15, 0.2) is 22.7 Å². The molecule has 1 aliphatic heterocycles. The topological polar surface area (TPSA) is 46.3 Å². The van der Waals surface area contributed by atoms with E-state index in [9.17, 15) is 4.79 Å². The third kappa shape index (κ3) is 3.37. The van der Waals surface area contributed by atoms with Gasteiger partial charge >= 0.3 is 0 Å². The Kier molecular flexibility index (Phi) is 4.99. The van der Waals surface area contributed by atoms with Gasteiger partial charge in [-0.3, -0.25) is 4.79 Å². The number of halogens is 1. The summed E-state index contributed by atoms with van der Waals surface area (Å²) in [5.41, 5.74) is 7.54. The van der Waals surface area contributed by atoms with Gasteiger partial charge in [-0.15, -0.1) is 0 Å². The van der Waals surface area contributed by atoms with Gasteiger partial charge < -0.3 is 10.6 Å². The minimum Gasteiger partial charge on any atom is -0.336 e. The predicted molar refractivity (Wildman–Crippen MR) is 81.2 cm³/mol. The van der Waals surface area contributed by atoms with Crippen molar-refractivity contribution < 1.29 is 4.79 Å². The standard InChI is InChI=1S/C15H21BrN2O/c1-11-10-12(5-6-14(11)16)15(19)18-9-3-2-4-13(18)7-8-17/h5-6,10,13H,2-4,7-9,17H2,1H3. The number of nitrogens with two attached hydrogens (primary N) is 1. The van der Waals surface area contributed by atoms with Crippen LogP contribution in [0.25, 0.3) is 0 Å². The summed E-state index contributed by atoms with van der Waals surface area (Å²) < 4.78 is 1.04. The van der Waals surface area contributed by atoms with Crippen LogP contribution in [0.3, 0.4) is 0 Å². The zero-order valence-electron chi connectivity index (χ0n) is 11.4. The maximum Gasteiger partial charge on any atom is 0.254 e. The number of likely N-dealkylation sites (tertiary alicyclic amines) is 1. The first-order valence-corrected chi connectivity index (χ1v) is 7.70. The fourth-order valence-corrected chi connectivity index (χ4v) is 2.95. The number of benzene rings is 1. The number of carbonyl (C=O) groups is 1. The Labute approximate surface area is 123 Å².